The normalized spacial score (nSPS) is 22.7. The largest absolute Gasteiger partial charge is 0.490 e. The van der Waals surface area contributed by atoms with Gasteiger partial charge in [-0.1, -0.05) is 23.7 Å². The van der Waals surface area contributed by atoms with Gasteiger partial charge < -0.3 is 19.6 Å². The third-order valence-corrected chi connectivity index (χ3v) is 5.15. The molecule has 7 nitrogen and oxygen atoms in total. The zero-order chi connectivity index (χ0) is 18.7. The van der Waals surface area contributed by atoms with Crippen LogP contribution >= 0.6 is 11.6 Å². The lowest BCUT2D eigenvalue weighted by Gasteiger charge is -2.24. The van der Waals surface area contributed by atoms with Gasteiger partial charge in [-0.2, -0.15) is 0 Å². The van der Waals surface area contributed by atoms with Crippen LogP contribution in [-0.2, 0) is 14.4 Å². The number of likely N-dealkylation sites (tertiary alicyclic amines) is 2. The summed E-state index contributed by atoms with van der Waals surface area (Å²) in [6.45, 7) is 1.37. The quantitative estimate of drug-likeness (QED) is 0.810. The number of rotatable bonds is 6. The Labute approximate surface area is 156 Å². The minimum absolute atomic E-state index is 0.114. The topological polar surface area (TPSA) is 87.2 Å². The first-order valence-electron chi connectivity index (χ1n) is 8.65. The summed E-state index contributed by atoms with van der Waals surface area (Å²) in [5, 5.41) is 9.73. The highest BCUT2D eigenvalue weighted by Gasteiger charge is 2.41. The minimum atomic E-state index is -0.981. The molecular formula is C18H21ClN2O5. The Morgan fingerprint density at radius 1 is 1.31 bits per heavy atom. The van der Waals surface area contributed by atoms with Gasteiger partial charge in [0.1, 0.15) is 18.4 Å². The van der Waals surface area contributed by atoms with Crippen LogP contribution in [0.5, 0.6) is 5.75 Å². The number of para-hydroxylation sites is 1. The van der Waals surface area contributed by atoms with Gasteiger partial charge in [0.05, 0.1) is 17.5 Å². The number of aliphatic carboxylic acids is 1. The van der Waals surface area contributed by atoms with Crippen molar-refractivity contribution in [3.63, 3.8) is 0 Å². The lowest BCUT2D eigenvalue weighted by atomic mass is 10.1. The van der Waals surface area contributed by atoms with E-state index in [2.05, 4.69) is 0 Å². The molecule has 2 heterocycles. The summed E-state index contributed by atoms with van der Waals surface area (Å²) in [7, 11) is 0. The summed E-state index contributed by atoms with van der Waals surface area (Å²) in [6, 6.07) is 6.32. The molecule has 1 aromatic carbocycles. The Balaban J connectivity index is 1.53. The Hall–Kier alpha value is -2.28. The standard InChI is InChI=1S/C18H21ClN2O5/c19-13-4-1-2-6-15(13)26-9-8-20-11-12(10-16(20)22)17(23)21-7-3-5-14(21)18(24)25/h1-2,4,6,12,14H,3,5,7-11H2,(H,24,25)/t12?,14-/m1/s1. The highest BCUT2D eigenvalue weighted by atomic mass is 35.5. The maximum Gasteiger partial charge on any atom is 0.326 e. The number of hydrogen-bond acceptors (Lipinski definition) is 4. The second kappa shape index (κ2) is 7.95. The predicted octanol–water partition coefficient (Wildman–Crippen LogP) is 1.64. The number of carboxylic acid groups (broad SMARTS) is 1. The van der Waals surface area contributed by atoms with Crippen LogP contribution in [0.4, 0.5) is 0 Å². The lowest BCUT2D eigenvalue weighted by molar-refractivity contribution is -0.149. The number of carbonyl (C=O) groups excluding carboxylic acids is 2. The van der Waals surface area contributed by atoms with Gasteiger partial charge in [0.25, 0.3) is 0 Å². The molecule has 0 bridgehead atoms. The molecule has 2 aliphatic heterocycles. The predicted molar refractivity (Wildman–Crippen MR) is 94.0 cm³/mol. The van der Waals surface area contributed by atoms with Crippen molar-refractivity contribution in [2.45, 2.75) is 25.3 Å². The number of ether oxygens (including phenoxy) is 1. The van der Waals surface area contributed by atoms with E-state index < -0.39 is 17.9 Å². The molecule has 1 N–H and O–H groups in total. The van der Waals surface area contributed by atoms with Crippen LogP contribution in [0.3, 0.4) is 0 Å². The van der Waals surface area contributed by atoms with Crippen molar-refractivity contribution in [1.82, 2.24) is 9.80 Å². The summed E-state index contributed by atoms with van der Waals surface area (Å²) >= 11 is 6.02. The maximum atomic E-state index is 12.6. The smallest absolute Gasteiger partial charge is 0.326 e. The Bertz CT molecular complexity index is 711. The molecular weight excluding hydrogens is 360 g/mol. The fourth-order valence-electron chi connectivity index (χ4n) is 3.50. The molecule has 0 aliphatic carbocycles. The Morgan fingerprint density at radius 3 is 2.81 bits per heavy atom. The van der Waals surface area contributed by atoms with Gasteiger partial charge in [-0.05, 0) is 25.0 Å². The van der Waals surface area contributed by atoms with Crippen LogP contribution in [0, 0.1) is 5.92 Å². The molecule has 2 amide bonds. The first-order valence-corrected chi connectivity index (χ1v) is 9.03. The molecule has 0 radical (unpaired) electrons. The van der Waals surface area contributed by atoms with Gasteiger partial charge in [-0.25, -0.2) is 4.79 Å². The molecule has 1 aromatic rings. The average Bonchev–Trinajstić information content (AvgIpc) is 3.23. The van der Waals surface area contributed by atoms with E-state index in [0.29, 0.717) is 43.2 Å². The molecule has 2 saturated heterocycles. The van der Waals surface area contributed by atoms with Gasteiger partial charge in [0.2, 0.25) is 11.8 Å². The van der Waals surface area contributed by atoms with E-state index >= 15 is 0 Å². The fourth-order valence-corrected chi connectivity index (χ4v) is 3.69. The molecule has 2 aliphatic rings. The molecule has 2 fully saturated rings. The van der Waals surface area contributed by atoms with Gasteiger partial charge in [0, 0.05) is 19.5 Å². The van der Waals surface area contributed by atoms with E-state index in [9.17, 15) is 19.5 Å². The monoisotopic (exact) mass is 380 g/mol. The van der Waals surface area contributed by atoms with Crippen molar-refractivity contribution in [1.29, 1.82) is 0 Å². The number of carbonyl (C=O) groups is 3. The van der Waals surface area contributed by atoms with E-state index in [1.165, 1.54) is 4.90 Å². The molecule has 3 rings (SSSR count). The van der Waals surface area contributed by atoms with Gasteiger partial charge >= 0.3 is 5.97 Å². The molecule has 26 heavy (non-hydrogen) atoms. The van der Waals surface area contributed by atoms with E-state index in [1.54, 1.807) is 23.1 Å². The van der Waals surface area contributed by atoms with Crippen molar-refractivity contribution in [3.05, 3.63) is 29.3 Å². The zero-order valence-corrected chi connectivity index (χ0v) is 15.0. The summed E-state index contributed by atoms with van der Waals surface area (Å²) < 4.78 is 5.59. The average molecular weight is 381 g/mol. The lowest BCUT2D eigenvalue weighted by Crippen LogP contribution is -2.44. The molecule has 0 spiro atoms. The summed E-state index contributed by atoms with van der Waals surface area (Å²) in [5.74, 6) is -1.27. The van der Waals surface area contributed by atoms with Crippen LogP contribution in [0.2, 0.25) is 5.02 Å². The number of nitrogens with zero attached hydrogens (tertiary/aromatic N) is 2. The van der Waals surface area contributed by atoms with Crippen molar-refractivity contribution >= 4 is 29.4 Å². The first kappa shape index (κ1) is 18.5. The number of benzene rings is 1. The van der Waals surface area contributed by atoms with Crippen LogP contribution in [-0.4, -0.2) is 65.0 Å². The van der Waals surface area contributed by atoms with Crippen LogP contribution in [0.15, 0.2) is 24.3 Å². The highest BCUT2D eigenvalue weighted by molar-refractivity contribution is 6.32. The van der Waals surface area contributed by atoms with Crippen molar-refractivity contribution in [2.24, 2.45) is 5.92 Å². The van der Waals surface area contributed by atoms with E-state index in [0.717, 1.165) is 0 Å². The van der Waals surface area contributed by atoms with Gasteiger partial charge in [0.15, 0.2) is 0 Å². The molecule has 8 heteroatoms. The van der Waals surface area contributed by atoms with E-state index in [1.807, 2.05) is 6.07 Å². The van der Waals surface area contributed by atoms with Gasteiger partial charge in [-0.3, -0.25) is 9.59 Å². The summed E-state index contributed by atoms with van der Waals surface area (Å²) in [5.41, 5.74) is 0. The molecule has 140 valence electrons. The second-order valence-electron chi connectivity index (χ2n) is 6.55. The number of carboxylic acids is 1. The van der Waals surface area contributed by atoms with E-state index in [4.69, 9.17) is 16.3 Å². The Morgan fingerprint density at radius 2 is 2.08 bits per heavy atom. The first-order chi connectivity index (χ1) is 12.5. The van der Waals surface area contributed by atoms with Crippen molar-refractivity contribution < 1.29 is 24.2 Å². The SMILES string of the molecule is O=C(O)[C@H]1CCCN1C(=O)C1CC(=O)N(CCOc2ccccc2Cl)C1. The van der Waals surface area contributed by atoms with E-state index in [-0.39, 0.29) is 24.8 Å². The number of amides is 2. The minimum Gasteiger partial charge on any atom is -0.490 e. The van der Waals surface area contributed by atoms with Gasteiger partial charge in [-0.15, -0.1) is 0 Å². The summed E-state index contributed by atoms with van der Waals surface area (Å²) in [6.07, 6.45) is 1.27. The Kier molecular flexibility index (Phi) is 5.66. The van der Waals surface area contributed by atoms with Crippen LogP contribution in [0.1, 0.15) is 19.3 Å². The highest BCUT2D eigenvalue weighted by Crippen LogP contribution is 2.26. The third-order valence-electron chi connectivity index (χ3n) is 4.84. The molecule has 0 aromatic heterocycles. The van der Waals surface area contributed by atoms with Crippen molar-refractivity contribution in [2.75, 3.05) is 26.2 Å². The van der Waals surface area contributed by atoms with Crippen molar-refractivity contribution in [3.8, 4) is 5.75 Å². The van der Waals surface area contributed by atoms with Crippen LogP contribution < -0.4 is 4.74 Å². The van der Waals surface area contributed by atoms with Crippen LogP contribution in [0.25, 0.3) is 0 Å². The second-order valence-corrected chi connectivity index (χ2v) is 6.95. The number of hydrogen-bond donors (Lipinski definition) is 1. The fraction of sp³-hybridized carbons (Fsp3) is 0.500. The molecule has 2 atom stereocenters. The molecule has 0 saturated carbocycles. The zero-order valence-electron chi connectivity index (χ0n) is 14.3. The number of halogens is 1. The molecule has 1 unspecified atom stereocenters. The maximum absolute atomic E-state index is 12.6. The summed E-state index contributed by atoms with van der Waals surface area (Å²) in [4.78, 5) is 39.1. The third kappa shape index (κ3) is 3.93.